The number of benzene rings is 1. The molecule has 0 heterocycles. The van der Waals surface area contributed by atoms with Gasteiger partial charge in [0.2, 0.25) is 0 Å². The minimum atomic E-state index is 0.0935. The Labute approximate surface area is 97.8 Å². The van der Waals surface area contributed by atoms with E-state index >= 15 is 0 Å². The summed E-state index contributed by atoms with van der Waals surface area (Å²) in [6.45, 7) is 5.05. The van der Waals surface area contributed by atoms with E-state index in [0.717, 1.165) is 38.0 Å². The highest BCUT2D eigenvalue weighted by atomic mass is 16.5. The van der Waals surface area contributed by atoms with E-state index in [-0.39, 0.29) is 5.54 Å². The molecule has 0 radical (unpaired) electrons. The van der Waals surface area contributed by atoms with Crippen molar-refractivity contribution >= 4 is 0 Å². The molecular weight excluding hydrogens is 198 g/mol. The maximum absolute atomic E-state index is 6.03. The summed E-state index contributed by atoms with van der Waals surface area (Å²) in [4.78, 5) is 0. The van der Waals surface area contributed by atoms with Crippen molar-refractivity contribution in [2.75, 3.05) is 6.61 Å². The summed E-state index contributed by atoms with van der Waals surface area (Å²) < 4.78 is 5.84. The molecule has 1 aliphatic carbocycles. The van der Waals surface area contributed by atoms with Crippen LogP contribution in [0.15, 0.2) is 18.2 Å². The van der Waals surface area contributed by atoms with E-state index in [1.807, 2.05) is 0 Å². The fourth-order valence-corrected chi connectivity index (χ4v) is 2.04. The first kappa shape index (κ1) is 11.5. The van der Waals surface area contributed by atoms with Gasteiger partial charge in [0.05, 0.1) is 6.61 Å². The Morgan fingerprint density at radius 3 is 2.75 bits per heavy atom. The predicted molar refractivity (Wildman–Crippen MR) is 66.8 cm³/mol. The average Bonchev–Trinajstić information content (AvgIpc) is 2.97. The third kappa shape index (κ3) is 2.56. The van der Waals surface area contributed by atoms with Crippen LogP contribution >= 0.6 is 0 Å². The quantitative estimate of drug-likeness (QED) is 0.826. The summed E-state index contributed by atoms with van der Waals surface area (Å²) in [6, 6.07) is 6.25. The van der Waals surface area contributed by atoms with Crippen LogP contribution in [0.5, 0.6) is 5.75 Å². The van der Waals surface area contributed by atoms with Crippen LogP contribution in [0, 0.1) is 6.92 Å². The molecule has 0 amide bonds. The maximum Gasteiger partial charge on any atom is 0.122 e. The van der Waals surface area contributed by atoms with Gasteiger partial charge in [-0.15, -0.1) is 0 Å². The molecule has 88 valence electrons. The number of hydrogen-bond donors (Lipinski definition) is 1. The first-order valence-corrected chi connectivity index (χ1v) is 6.15. The van der Waals surface area contributed by atoms with E-state index in [1.54, 1.807) is 0 Å². The first-order valence-electron chi connectivity index (χ1n) is 6.15. The highest BCUT2D eigenvalue weighted by molar-refractivity contribution is 5.39. The Kier molecular flexibility index (Phi) is 3.20. The number of rotatable bonds is 5. The fourth-order valence-electron chi connectivity index (χ4n) is 2.04. The van der Waals surface area contributed by atoms with Crippen LogP contribution in [0.3, 0.4) is 0 Å². The zero-order valence-electron chi connectivity index (χ0n) is 10.3. The van der Waals surface area contributed by atoms with Gasteiger partial charge in [0.1, 0.15) is 5.75 Å². The van der Waals surface area contributed by atoms with E-state index in [4.69, 9.17) is 10.5 Å². The van der Waals surface area contributed by atoms with Crippen LogP contribution < -0.4 is 10.5 Å². The van der Waals surface area contributed by atoms with Gasteiger partial charge in [-0.2, -0.15) is 0 Å². The van der Waals surface area contributed by atoms with Gasteiger partial charge in [-0.25, -0.2) is 0 Å². The van der Waals surface area contributed by atoms with Crippen LogP contribution in [0.25, 0.3) is 0 Å². The molecule has 1 aromatic carbocycles. The normalized spacial score (nSPS) is 17.2. The molecule has 16 heavy (non-hydrogen) atoms. The Balaban J connectivity index is 1.95. The Hall–Kier alpha value is -1.02. The van der Waals surface area contributed by atoms with Gasteiger partial charge in [-0.3, -0.25) is 0 Å². The summed E-state index contributed by atoms with van der Waals surface area (Å²) in [6.07, 6.45) is 4.31. The molecule has 2 N–H and O–H groups in total. The zero-order valence-corrected chi connectivity index (χ0v) is 10.3. The molecular formula is C14H21NO. The maximum atomic E-state index is 6.03. The molecule has 1 saturated carbocycles. The summed E-state index contributed by atoms with van der Waals surface area (Å²) in [5.74, 6) is 1.03. The van der Waals surface area contributed by atoms with Gasteiger partial charge in [0.25, 0.3) is 0 Å². The SMILES string of the molecule is CCc1c(C)cccc1OCCC1(N)CC1. The van der Waals surface area contributed by atoms with E-state index in [1.165, 1.54) is 11.1 Å². The summed E-state index contributed by atoms with van der Waals surface area (Å²) >= 11 is 0. The van der Waals surface area contributed by atoms with E-state index in [9.17, 15) is 0 Å². The van der Waals surface area contributed by atoms with Gasteiger partial charge in [-0.05, 0) is 49.8 Å². The highest BCUT2D eigenvalue weighted by Gasteiger charge is 2.37. The lowest BCUT2D eigenvalue weighted by atomic mass is 10.1. The predicted octanol–water partition coefficient (Wildman–Crippen LogP) is 2.82. The number of aryl methyl sites for hydroxylation is 1. The lowest BCUT2D eigenvalue weighted by Gasteiger charge is -2.14. The molecule has 2 nitrogen and oxygen atoms in total. The van der Waals surface area contributed by atoms with E-state index in [0.29, 0.717) is 0 Å². The lowest BCUT2D eigenvalue weighted by Crippen LogP contribution is -2.24. The molecule has 1 aromatic rings. The van der Waals surface area contributed by atoms with Crippen LogP contribution in [-0.4, -0.2) is 12.1 Å². The van der Waals surface area contributed by atoms with Crippen LogP contribution in [0.2, 0.25) is 0 Å². The smallest absolute Gasteiger partial charge is 0.122 e. The van der Waals surface area contributed by atoms with Crippen molar-refractivity contribution in [3.63, 3.8) is 0 Å². The molecule has 1 fully saturated rings. The summed E-state index contributed by atoms with van der Waals surface area (Å²) in [5, 5.41) is 0. The van der Waals surface area contributed by atoms with Crippen molar-refractivity contribution in [2.45, 2.75) is 45.1 Å². The van der Waals surface area contributed by atoms with Crippen molar-refractivity contribution in [3.8, 4) is 5.75 Å². The highest BCUT2D eigenvalue weighted by Crippen LogP contribution is 2.35. The van der Waals surface area contributed by atoms with Gasteiger partial charge >= 0.3 is 0 Å². The Morgan fingerprint density at radius 2 is 2.12 bits per heavy atom. The first-order chi connectivity index (χ1) is 7.64. The second-order valence-electron chi connectivity index (χ2n) is 4.87. The molecule has 0 atom stereocenters. The molecule has 2 heteroatoms. The molecule has 0 spiro atoms. The fraction of sp³-hybridized carbons (Fsp3) is 0.571. The lowest BCUT2D eigenvalue weighted by molar-refractivity contribution is 0.291. The summed E-state index contributed by atoms with van der Waals surface area (Å²) in [5.41, 5.74) is 8.76. The molecule has 0 bridgehead atoms. The van der Waals surface area contributed by atoms with Crippen molar-refractivity contribution in [3.05, 3.63) is 29.3 Å². The van der Waals surface area contributed by atoms with Crippen molar-refractivity contribution in [2.24, 2.45) is 5.73 Å². The van der Waals surface area contributed by atoms with Crippen LogP contribution in [0.4, 0.5) is 0 Å². The monoisotopic (exact) mass is 219 g/mol. The topological polar surface area (TPSA) is 35.2 Å². The van der Waals surface area contributed by atoms with Gasteiger partial charge in [-0.1, -0.05) is 19.1 Å². The van der Waals surface area contributed by atoms with Gasteiger partial charge < -0.3 is 10.5 Å². The zero-order chi connectivity index (χ0) is 11.6. The minimum absolute atomic E-state index is 0.0935. The minimum Gasteiger partial charge on any atom is -0.493 e. The van der Waals surface area contributed by atoms with Crippen molar-refractivity contribution in [1.82, 2.24) is 0 Å². The largest absolute Gasteiger partial charge is 0.493 e. The second kappa shape index (κ2) is 4.46. The van der Waals surface area contributed by atoms with Gasteiger partial charge in [0, 0.05) is 5.54 Å². The van der Waals surface area contributed by atoms with Crippen LogP contribution in [0.1, 0.15) is 37.3 Å². The van der Waals surface area contributed by atoms with E-state index < -0.39 is 0 Å². The molecule has 0 unspecified atom stereocenters. The van der Waals surface area contributed by atoms with E-state index in [2.05, 4.69) is 32.0 Å². The number of hydrogen-bond acceptors (Lipinski definition) is 2. The molecule has 0 saturated heterocycles. The standard InChI is InChI=1S/C14H21NO/c1-3-12-11(2)5-4-6-13(12)16-10-9-14(15)7-8-14/h4-6H,3,7-10,15H2,1-2H3. The molecule has 0 aromatic heterocycles. The summed E-state index contributed by atoms with van der Waals surface area (Å²) in [7, 11) is 0. The second-order valence-corrected chi connectivity index (χ2v) is 4.87. The molecule has 2 rings (SSSR count). The van der Waals surface area contributed by atoms with Crippen molar-refractivity contribution in [1.29, 1.82) is 0 Å². The Morgan fingerprint density at radius 1 is 1.38 bits per heavy atom. The van der Waals surface area contributed by atoms with Crippen LogP contribution in [-0.2, 0) is 6.42 Å². The average molecular weight is 219 g/mol. The molecule has 1 aliphatic rings. The third-order valence-electron chi connectivity index (χ3n) is 3.47. The molecule has 0 aliphatic heterocycles. The van der Waals surface area contributed by atoms with Crippen molar-refractivity contribution < 1.29 is 4.74 Å². The third-order valence-corrected chi connectivity index (χ3v) is 3.47. The number of nitrogens with two attached hydrogens (primary N) is 1. The Bertz CT molecular complexity index is 369. The van der Waals surface area contributed by atoms with Gasteiger partial charge in [0.15, 0.2) is 0 Å². The number of ether oxygens (including phenoxy) is 1.